The minimum absolute atomic E-state index is 0.436. The molecular weight excluding hydrogens is 172 g/mol. The summed E-state index contributed by atoms with van der Waals surface area (Å²) in [6, 6.07) is 0. The Morgan fingerprint density at radius 3 is 2.08 bits per heavy atom. The molecule has 3 heteroatoms. The third kappa shape index (κ3) is 1.81. The zero-order valence-corrected chi connectivity index (χ0v) is 8.74. The summed E-state index contributed by atoms with van der Waals surface area (Å²) in [5, 5.41) is 0.502. The largest absolute Gasteiger partial charge is 0.332 e. The van der Waals surface area contributed by atoms with Crippen LogP contribution in [0.25, 0.3) is 0 Å². The molecule has 1 heterocycles. The first-order valence-electron chi connectivity index (χ1n) is 4.27. The van der Waals surface area contributed by atoms with E-state index in [9.17, 15) is 0 Å². The van der Waals surface area contributed by atoms with Crippen molar-refractivity contribution in [3.05, 3.63) is 16.7 Å². The Kier molecular flexibility index (Phi) is 2.78. The van der Waals surface area contributed by atoms with Crippen LogP contribution in [0.4, 0.5) is 0 Å². The normalized spacial score (nSPS) is 11.6. The molecule has 0 saturated heterocycles. The highest BCUT2D eigenvalue weighted by molar-refractivity contribution is 6.28. The van der Waals surface area contributed by atoms with Crippen LogP contribution in [0.15, 0.2) is 0 Å². The molecule has 1 aromatic rings. The average Bonchev–Trinajstić information content (AvgIpc) is 2.31. The van der Waals surface area contributed by atoms with Crippen molar-refractivity contribution in [2.45, 2.75) is 39.5 Å². The summed E-state index contributed by atoms with van der Waals surface area (Å²) < 4.78 is 0. The summed E-state index contributed by atoms with van der Waals surface area (Å²) >= 11 is 5.79. The van der Waals surface area contributed by atoms with Gasteiger partial charge in [-0.05, 0) is 23.4 Å². The molecule has 0 aliphatic heterocycles. The van der Waals surface area contributed by atoms with Crippen molar-refractivity contribution in [3.63, 3.8) is 0 Å². The number of nitrogens with zero attached hydrogens (tertiary/aromatic N) is 1. The molecule has 1 aromatic heterocycles. The Balaban J connectivity index is 3.08. The molecule has 1 rings (SSSR count). The highest BCUT2D eigenvalue weighted by Gasteiger charge is 2.14. The highest BCUT2D eigenvalue weighted by atomic mass is 35.5. The van der Waals surface area contributed by atoms with E-state index in [1.165, 1.54) is 0 Å². The molecule has 0 bridgehead atoms. The van der Waals surface area contributed by atoms with E-state index in [-0.39, 0.29) is 0 Å². The van der Waals surface area contributed by atoms with E-state index < -0.39 is 0 Å². The molecule has 0 aliphatic rings. The van der Waals surface area contributed by atoms with E-state index in [4.69, 9.17) is 11.6 Å². The van der Waals surface area contributed by atoms with Crippen LogP contribution in [0, 0.1) is 0 Å². The van der Waals surface area contributed by atoms with Crippen molar-refractivity contribution in [2.75, 3.05) is 0 Å². The fraction of sp³-hybridized carbons (Fsp3) is 0.667. The molecule has 68 valence electrons. The van der Waals surface area contributed by atoms with Gasteiger partial charge in [-0.3, -0.25) is 0 Å². The smallest absolute Gasteiger partial charge is 0.200 e. The van der Waals surface area contributed by atoms with Crippen LogP contribution in [0.1, 0.15) is 50.9 Å². The second kappa shape index (κ2) is 3.48. The second-order valence-electron chi connectivity index (χ2n) is 3.64. The van der Waals surface area contributed by atoms with E-state index in [1.807, 2.05) is 0 Å². The van der Waals surface area contributed by atoms with Crippen LogP contribution in [-0.2, 0) is 0 Å². The van der Waals surface area contributed by atoms with E-state index in [1.54, 1.807) is 0 Å². The van der Waals surface area contributed by atoms with Gasteiger partial charge in [-0.15, -0.1) is 0 Å². The molecule has 0 atom stereocenters. The number of halogens is 1. The Morgan fingerprint density at radius 1 is 1.17 bits per heavy atom. The monoisotopic (exact) mass is 186 g/mol. The predicted octanol–water partition coefficient (Wildman–Crippen LogP) is 3.31. The van der Waals surface area contributed by atoms with E-state index in [2.05, 4.69) is 37.7 Å². The molecule has 0 spiro atoms. The van der Waals surface area contributed by atoms with Crippen LogP contribution < -0.4 is 0 Å². The summed E-state index contributed by atoms with van der Waals surface area (Å²) in [5.74, 6) is 0.897. The van der Waals surface area contributed by atoms with Crippen LogP contribution in [-0.4, -0.2) is 9.97 Å². The minimum atomic E-state index is 0.436. The van der Waals surface area contributed by atoms with Crippen molar-refractivity contribution in [3.8, 4) is 0 Å². The third-order valence-electron chi connectivity index (χ3n) is 1.86. The van der Waals surface area contributed by atoms with Gasteiger partial charge >= 0.3 is 0 Å². The lowest BCUT2D eigenvalue weighted by molar-refractivity contribution is 0.759. The molecule has 0 saturated carbocycles. The first kappa shape index (κ1) is 9.59. The SMILES string of the molecule is CC(C)c1nc(Cl)[nH]c1C(C)C. The van der Waals surface area contributed by atoms with Crippen LogP contribution in [0.2, 0.25) is 5.28 Å². The van der Waals surface area contributed by atoms with E-state index in [0.29, 0.717) is 17.1 Å². The first-order valence-corrected chi connectivity index (χ1v) is 4.65. The van der Waals surface area contributed by atoms with E-state index >= 15 is 0 Å². The Labute approximate surface area is 78.4 Å². The second-order valence-corrected chi connectivity index (χ2v) is 3.99. The van der Waals surface area contributed by atoms with Gasteiger partial charge in [0.2, 0.25) is 0 Å². The van der Waals surface area contributed by atoms with Crippen LogP contribution in [0.5, 0.6) is 0 Å². The van der Waals surface area contributed by atoms with Gasteiger partial charge in [0.25, 0.3) is 0 Å². The highest BCUT2D eigenvalue weighted by Crippen LogP contribution is 2.24. The maximum absolute atomic E-state index is 5.79. The van der Waals surface area contributed by atoms with Gasteiger partial charge < -0.3 is 4.98 Å². The number of rotatable bonds is 2. The van der Waals surface area contributed by atoms with Crippen LogP contribution >= 0.6 is 11.6 Å². The standard InChI is InChI=1S/C9H15ClN2/c1-5(2)7-8(6(3)4)12-9(10)11-7/h5-6H,1-4H3,(H,11,12). The minimum Gasteiger partial charge on any atom is -0.332 e. The molecule has 0 fully saturated rings. The van der Waals surface area contributed by atoms with Gasteiger partial charge in [0.05, 0.1) is 5.69 Å². The maximum Gasteiger partial charge on any atom is 0.200 e. The summed E-state index contributed by atoms with van der Waals surface area (Å²) in [6.07, 6.45) is 0. The molecule has 1 N–H and O–H groups in total. The number of imidazole rings is 1. The third-order valence-corrected chi connectivity index (χ3v) is 2.04. The van der Waals surface area contributed by atoms with Crippen molar-refractivity contribution < 1.29 is 0 Å². The lowest BCUT2D eigenvalue weighted by Gasteiger charge is -2.07. The molecular formula is C9H15ClN2. The van der Waals surface area contributed by atoms with Crippen molar-refractivity contribution in [2.24, 2.45) is 0 Å². The number of H-pyrrole nitrogens is 1. The number of nitrogens with one attached hydrogen (secondary N) is 1. The predicted molar refractivity (Wildman–Crippen MR) is 51.8 cm³/mol. The average molecular weight is 187 g/mol. The van der Waals surface area contributed by atoms with Gasteiger partial charge in [0.15, 0.2) is 5.28 Å². The zero-order chi connectivity index (χ0) is 9.30. The van der Waals surface area contributed by atoms with Crippen molar-refractivity contribution >= 4 is 11.6 Å². The Bertz CT molecular complexity index is 238. The Morgan fingerprint density at radius 2 is 1.75 bits per heavy atom. The van der Waals surface area contributed by atoms with E-state index in [0.717, 1.165) is 11.4 Å². The first-order chi connectivity index (χ1) is 5.52. The maximum atomic E-state index is 5.79. The Hall–Kier alpha value is -0.500. The number of aromatic nitrogens is 2. The summed E-state index contributed by atoms with van der Waals surface area (Å²) in [5.41, 5.74) is 2.25. The molecule has 2 nitrogen and oxygen atoms in total. The topological polar surface area (TPSA) is 28.7 Å². The molecule has 0 aromatic carbocycles. The summed E-state index contributed by atoms with van der Waals surface area (Å²) in [7, 11) is 0. The molecule has 12 heavy (non-hydrogen) atoms. The quantitative estimate of drug-likeness (QED) is 0.755. The molecule has 0 radical (unpaired) electrons. The van der Waals surface area contributed by atoms with Gasteiger partial charge in [0.1, 0.15) is 0 Å². The van der Waals surface area contributed by atoms with Crippen LogP contribution in [0.3, 0.4) is 0 Å². The zero-order valence-electron chi connectivity index (χ0n) is 7.98. The molecule has 0 unspecified atom stereocenters. The van der Waals surface area contributed by atoms with Gasteiger partial charge in [-0.2, -0.15) is 0 Å². The number of hydrogen-bond acceptors (Lipinski definition) is 1. The van der Waals surface area contributed by atoms with Gasteiger partial charge in [-0.25, -0.2) is 4.98 Å². The van der Waals surface area contributed by atoms with Crippen molar-refractivity contribution in [1.82, 2.24) is 9.97 Å². The lowest BCUT2D eigenvalue weighted by atomic mass is 10.0. The fourth-order valence-electron chi connectivity index (χ4n) is 1.25. The summed E-state index contributed by atoms with van der Waals surface area (Å²) in [4.78, 5) is 7.32. The number of aromatic amines is 1. The molecule has 0 aliphatic carbocycles. The van der Waals surface area contributed by atoms with Gasteiger partial charge in [0, 0.05) is 5.69 Å². The number of hydrogen-bond donors (Lipinski definition) is 1. The summed E-state index contributed by atoms with van der Waals surface area (Å²) in [6.45, 7) is 8.52. The van der Waals surface area contributed by atoms with Gasteiger partial charge in [-0.1, -0.05) is 27.7 Å². The lowest BCUT2D eigenvalue weighted by Crippen LogP contribution is -1.96. The fourth-order valence-corrected chi connectivity index (χ4v) is 1.44. The van der Waals surface area contributed by atoms with Crippen molar-refractivity contribution in [1.29, 1.82) is 0 Å². The molecule has 0 amide bonds.